The van der Waals surface area contributed by atoms with E-state index in [0.717, 1.165) is 28.1 Å². The first kappa shape index (κ1) is 16.8. The number of hydrogen-bond acceptors (Lipinski definition) is 6. The zero-order valence-corrected chi connectivity index (χ0v) is 15.1. The lowest BCUT2D eigenvalue weighted by Crippen LogP contribution is -2.02. The van der Waals surface area contributed by atoms with E-state index in [1.54, 1.807) is 7.05 Å². The maximum atomic E-state index is 6.09. The molecular weight excluding hydrogens is 338 g/mol. The summed E-state index contributed by atoms with van der Waals surface area (Å²) in [5.41, 5.74) is 9.16. The lowest BCUT2D eigenvalue weighted by atomic mass is 10.1. The van der Waals surface area contributed by atoms with Gasteiger partial charge in [0.2, 0.25) is 5.95 Å². The highest BCUT2D eigenvalue weighted by molar-refractivity contribution is 5.89. The molecule has 0 bridgehead atoms. The summed E-state index contributed by atoms with van der Waals surface area (Å²) in [7, 11) is 1.79. The molecule has 0 aliphatic heterocycles. The SMILES string of the molecule is CNc1nc(N)nc2nc(-c3ccccc3Oc3ccc(C)cc3)ccc12. The van der Waals surface area contributed by atoms with Crippen molar-refractivity contribution in [3.8, 4) is 22.8 Å². The Morgan fingerprint density at radius 1 is 0.889 bits per heavy atom. The van der Waals surface area contributed by atoms with Gasteiger partial charge in [0, 0.05) is 12.6 Å². The molecule has 0 radical (unpaired) electrons. The van der Waals surface area contributed by atoms with E-state index in [2.05, 4.69) is 20.3 Å². The smallest absolute Gasteiger partial charge is 0.224 e. The van der Waals surface area contributed by atoms with Gasteiger partial charge in [-0.2, -0.15) is 9.97 Å². The van der Waals surface area contributed by atoms with Gasteiger partial charge in [-0.05, 0) is 43.3 Å². The fourth-order valence-electron chi connectivity index (χ4n) is 2.87. The number of nitrogens with two attached hydrogens (primary N) is 1. The quantitative estimate of drug-likeness (QED) is 0.562. The maximum Gasteiger partial charge on any atom is 0.224 e. The number of ether oxygens (including phenoxy) is 1. The van der Waals surface area contributed by atoms with Crippen molar-refractivity contribution in [2.75, 3.05) is 18.1 Å². The molecule has 0 aliphatic rings. The number of rotatable bonds is 4. The van der Waals surface area contributed by atoms with Gasteiger partial charge in [-0.1, -0.05) is 29.8 Å². The fraction of sp³-hybridized carbons (Fsp3) is 0.0952. The Morgan fingerprint density at radius 2 is 1.67 bits per heavy atom. The number of nitrogens with zero attached hydrogens (tertiary/aromatic N) is 3. The van der Waals surface area contributed by atoms with Crippen LogP contribution in [0.25, 0.3) is 22.3 Å². The lowest BCUT2D eigenvalue weighted by molar-refractivity contribution is 0.484. The predicted molar refractivity (Wildman–Crippen MR) is 108 cm³/mol. The summed E-state index contributed by atoms with van der Waals surface area (Å²) in [4.78, 5) is 13.1. The molecule has 6 nitrogen and oxygen atoms in total. The van der Waals surface area contributed by atoms with Gasteiger partial charge in [0.05, 0.1) is 11.1 Å². The third-order valence-electron chi connectivity index (χ3n) is 4.23. The third-order valence-corrected chi connectivity index (χ3v) is 4.23. The van der Waals surface area contributed by atoms with Crippen LogP contribution in [0.5, 0.6) is 11.5 Å². The van der Waals surface area contributed by atoms with Gasteiger partial charge in [0.1, 0.15) is 17.3 Å². The van der Waals surface area contributed by atoms with Crippen molar-refractivity contribution in [3.05, 3.63) is 66.2 Å². The predicted octanol–water partition coefficient (Wildman–Crippen LogP) is 4.42. The van der Waals surface area contributed by atoms with Gasteiger partial charge in [0.25, 0.3) is 0 Å². The van der Waals surface area contributed by atoms with Crippen molar-refractivity contribution in [1.29, 1.82) is 0 Å². The molecule has 0 unspecified atom stereocenters. The van der Waals surface area contributed by atoms with E-state index in [1.807, 2.05) is 67.6 Å². The molecule has 0 saturated heterocycles. The Kier molecular flexibility index (Phi) is 4.30. The molecule has 0 saturated carbocycles. The highest BCUT2D eigenvalue weighted by Crippen LogP contribution is 2.33. The Labute approximate surface area is 157 Å². The van der Waals surface area contributed by atoms with Crippen molar-refractivity contribution in [3.63, 3.8) is 0 Å². The van der Waals surface area contributed by atoms with E-state index < -0.39 is 0 Å². The first-order valence-corrected chi connectivity index (χ1v) is 8.60. The summed E-state index contributed by atoms with van der Waals surface area (Å²) in [5, 5.41) is 3.84. The van der Waals surface area contributed by atoms with Crippen LogP contribution in [-0.2, 0) is 0 Å². The average molecular weight is 357 g/mol. The van der Waals surface area contributed by atoms with E-state index in [9.17, 15) is 0 Å². The van der Waals surface area contributed by atoms with Crippen LogP contribution in [0.1, 0.15) is 5.56 Å². The van der Waals surface area contributed by atoms with Crippen molar-refractivity contribution < 1.29 is 4.74 Å². The molecule has 0 spiro atoms. The fourth-order valence-corrected chi connectivity index (χ4v) is 2.87. The van der Waals surface area contributed by atoms with Gasteiger partial charge in [0.15, 0.2) is 5.65 Å². The van der Waals surface area contributed by atoms with Crippen molar-refractivity contribution in [2.45, 2.75) is 6.92 Å². The Hall–Kier alpha value is -3.67. The number of pyridine rings is 1. The standard InChI is InChI=1S/C21H19N5O/c1-13-7-9-14(10-8-13)27-18-6-4-3-5-15(18)17-12-11-16-19(23-2)25-21(22)26-20(16)24-17/h3-12H,1-2H3,(H3,22,23,24,25,26). The number of benzene rings is 2. The van der Waals surface area contributed by atoms with Crippen LogP contribution in [0.3, 0.4) is 0 Å². The summed E-state index contributed by atoms with van der Waals surface area (Å²) in [6.45, 7) is 2.05. The molecule has 2 heterocycles. The van der Waals surface area contributed by atoms with E-state index in [-0.39, 0.29) is 5.95 Å². The number of nitrogen functional groups attached to an aromatic ring is 1. The topological polar surface area (TPSA) is 86.0 Å². The zero-order chi connectivity index (χ0) is 18.8. The molecule has 2 aromatic carbocycles. The van der Waals surface area contributed by atoms with Gasteiger partial charge in [-0.15, -0.1) is 0 Å². The average Bonchev–Trinajstić information content (AvgIpc) is 2.69. The van der Waals surface area contributed by atoms with E-state index >= 15 is 0 Å². The normalized spacial score (nSPS) is 10.7. The number of para-hydroxylation sites is 1. The monoisotopic (exact) mass is 357 g/mol. The second kappa shape index (κ2) is 6.92. The van der Waals surface area contributed by atoms with Gasteiger partial charge in [-0.25, -0.2) is 4.98 Å². The second-order valence-electron chi connectivity index (χ2n) is 6.16. The first-order chi connectivity index (χ1) is 13.1. The van der Waals surface area contributed by atoms with Crippen LogP contribution in [0, 0.1) is 6.92 Å². The number of aryl methyl sites for hydroxylation is 1. The highest BCUT2D eigenvalue weighted by Gasteiger charge is 2.12. The summed E-state index contributed by atoms with van der Waals surface area (Å²) < 4.78 is 6.09. The highest BCUT2D eigenvalue weighted by atomic mass is 16.5. The third kappa shape index (κ3) is 3.37. The van der Waals surface area contributed by atoms with E-state index in [4.69, 9.17) is 10.5 Å². The van der Waals surface area contributed by atoms with Crippen molar-refractivity contribution >= 4 is 22.8 Å². The van der Waals surface area contributed by atoms with Crippen LogP contribution in [-0.4, -0.2) is 22.0 Å². The minimum Gasteiger partial charge on any atom is -0.457 e. The van der Waals surface area contributed by atoms with Crippen LogP contribution in [0.15, 0.2) is 60.7 Å². The van der Waals surface area contributed by atoms with Crippen LogP contribution in [0.2, 0.25) is 0 Å². The molecule has 3 N–H and O–H groups in total. The van der Waals surface area contributed by atoms with Gasteiger partial charge < -0.3 is 15.8 Å². The zero-order valence-electron chi connectivity index (χ0n) is 15.1. The molecule has 4 rings (SSSR count). The molecule has 2 aromatic heterocycles. The number of hydrogen-bond donors (Lipinski definition) is 2. The lowest BCUT2D eigenvalue weighted by Gasteiger charge is -2.12. The van der Waals surface area contributed by atoms with Crippen LogP contribution < -0.4 is 15.8 Å². The number of anilines is 2. The Balaban J connectivity index is 1.78. The Morgan fingerprint density at radius 3 is 2.44 bits per heavy atom. The minimum atomic E-state index is 0.181. The molecule has 4 aromatic rings. The summed E-state index contributed by atoms with van der Waals surface area (Å²) >= 11 is 0. The van der Waals surface area contributed by atoms with E-state index in [0.29, 0.717) is 11.5 Å². The van der Waals surface area contributed by atoms with E-state index in [1.165, 1.54) is 5.56 Å². The molecule has 27 heavy (non-hydrogen) atoms. The summed E-state index contributed by atoms with van der Waals surface area (Å²) in [5.74, 6) is 2.34. The molecule has 0 atom stereocenters. The number of fused-ring (bicyclic) bond motifs is 1. The molecule has 134 valence electrons. The largest absolute Gasteiger partial charge is 0.457 e. The van der Waals surface area contributed by atoms with Gasteiger partial charge >= 0.3 is 0 Å². The van der Waals surface area contributed by atoms with Crippen LogP contribution >= 0.6 is 0 Å². The molecule has 0 fully saturated rings. The molecule has 0 amide bonds. The maximum absolute atomic E-state index is 6.09. The summed E-state index contributed by atoms with van der Waals surface area (Å²) in [6.07, 6.45) is 0. The molecule has 6 heteroatoms. The Bertz CT molecular complexity index is 1110. The molecule has 0 aliphatic carbocycles. The van der Waals surface area contributed by atoms with Crippen molar-refractivity contribution in [1.82, 2.24) is 15.0 Å². The second-order valence-corrected chi connectivity index (χ2v) is 6.16. The first-order valence-electron chi connectivity index (χ1n) is 8.60. The van der Waals surface area contributed by atoms with Crippen LogP contribution in [0.4, 0.5) is 11.8 Å². The van der Waals surface area contributed by atoms with Crippen molar-refractivity contribution in [2.24, 2.45) is 0 Å². The number of aromatic nitrogens is 3. The summed E-state index contributed by atoms with van der Waals surface area (Å²) in [6, 6.07) is 19.6. The van der Waals surface area contributed by atoms with Gasteiger partial charge in [-0.3, -0.25) is 0 Å². The molecular formula is C21H19N5O. The number of nitrogens with one attached hydrogen (secondary N) is 1. The minimum absolute atomic E-state index is 0.181.